The fraction of sp³-hybridized carbons (Fsp3) is 0.500. The van der Waals surface area contributed by atoms with Gasteiger partial charge in [0.15, 0.2) is 0 Å². The highest BCUT2D eigenvalue weighted by atomic mass is 16.5. The number of esters is 1. The number of hydrogen-bond acceptors (Lipinski definition) is 4. The summed E-state index contributed by atoms with van der Waals surface area (Å²) in [6.07, 6.45) is 1.95. The molecular formula is C8H13O4-. The maximum absolute atomic E-state index is 9.75. The SMILES string of the molecule is C=COC(C)=O.CCCC(=O)[O-]. The molecule has 4 nitrogen and oxygen atoms in total. The molecule has 12 heavy (non-hydrogen) atoms. The number of rotatable bonds is 3. The summed E-state index contributed by atoms with van der Waals surface area (Å²) >= 11 is 0. The smallest absolute Gasteiger partial charge is 0.307 e. The van der Waals surface area contributed by atoms with Crippen LogP contribution in [0.1, 0.15) is 26.7 Å². The van der Waals surface area contributed by atoms with Gasteiger partial charge in [-0.3, -0.25) is 4.79 Å². The molecule has 0 aromatic heterocycles. The average Bonchev–Trinajstić information content (AvgIpc) is 1.87. The molecule has 0 rings (SSSR count). The lowest BCUT2D eigenvalue weighted by atomic mass is 10.4. The minimum absolute atomic E-state index is 0.181. The lowest BCUT2D eigenvalue weighted by Gasteiger charge is -1.92. The van der Waals surface area contributed by atoms with Gasteiger partial charge >= 0.3 is 5.97 Å². The minimum Gasteiger partial charge on any atom is -0.550 e. The van der Waals surface area contributed by atoms with E-state index < -0.39 is 5.97 Å². The topological polar surface area (TPSA) is 66.4 Å². The molecule has 0 aromatic carbocycles. The highest BCUT2D eigenvalue weighted by molar-refractivity contribution is 5.66. The Morgan fingerprint density at radius 2 is 2.08 bits per heavy atom. The third-order valence-electron chi connectivity index (χ3n) is 0.703. The second-order valence-electron chi connectivity index (χ2n) is 1.90. The summed E-state index contributed by atoms with van der Waals surface area (Å²) in [4.78, 5) is 19.2. The van der Waals surface area contributed by atoms with Crippen molar-refractivity contribution < 1.29 is 19.4 Å². The van der Waals surface area contributed by atoms with Gasteiger partial charge in [-0.1, -0.05) is 19.9 Å². The van der Waals surface area contributed by atoms with E-state index in [9.17, 15) is 14.7 Å². The average molecular weight is 173 g/mol. The van der Waals surface area contributed by atoms with Gasteiger partial charge in [-0.15, -0.1) is 0 Å². The molecular weight excluding hydrogens is 160 g/mol. The van der Waals surface area contributed by atoms with Crippen LogP contribution in [0.3, 0.4) is 0 Å². The molecule has 0 saturated carbocycles. The first-order chi connectivity index (χ1) is 5.54. The van der Waals surface area contributed by atoms with Crippen molar-refractivity contribution >= 4 is 11.9 Å². The molecule has 0 aliphatic rings. The van der Waals surface area contributed by atoms with Crippen molar-refractivity contribution in [1.29, 1.82) is 0 Å². The molecule has 0 aromatic rings. The zero-order valence-electron chi connectivity index (χ0n) is 7.33. The first-order valence-electron chi connectivity index (χ1n) is 3.52. The Kier molecular flexibility index (Phi) is 10.7. The molecule has 0 fully saturated rings. The minimum atomic E-state index is -0.961. The molecule has 0 amide bonds. The molecule has 0 radical (unpaired) electrons. The van der Waals surface area contributed by atoms with Crippen molar-refractivity contribution in [2.45, 2.75) is 26.7 Å². The largest absolute Gasteiger partial charge is 0.550 e. The Hall–Kier alpha value is -1.32. The van der Waals surface area contributed by atoms with Crippen molar-refractivity contribution in [1.82, 2.24) is 0 Å². The predicted molar refractivity (Wildman–Crippen MR) is 41.9 cm³/mol. The van der Waals surface area contributed by atoms with Crippen LogP contribution in [-0.4, -0.2) is 11.9 Å². The van der Waals surface area contributed by atoms with Crippen molar-refractivity contribution in [2.75, 3.05) is 0 Å². The van der Waals surface area contributed by atoms with Crippen LogP contribution in [0, 0.1) is 0 Å². The van der Waals surface area contributed by atoms with Gasteiger partial charge in [0.2, 0.25) is 0 Å². The lowest BCUT2D eigenvalue weighted by molar-refractivity contribution is -0.305. The second kappa shape index (κ2) is 9.68. The number of hydrogen-bond donors (Lipinski definition) is 0. The molecule has 0 bridgehead atoms. The maximum Gasteiger partial charge on any atom is 0.307 e. The quantitative estimate of drug-likeness (QED) is 0.452. The zero-order valence-corrected chi connectivity index (χ0v) is 7.33. The van der Waals surface area contributed by atoms with Gasteiger partial charge in [-0.05, 0) is 6.42 Å². The van der Waals surface area contributed by atoms with Crippen LogP contribution in [-0.2, 0) is 14.3 Å². The van der Waals surface area contributed by atoms with E-state index in [2.05, 4.69) is 11.3 Å². The van der Waals surface area contributed by atoms with Gasteiger partial charge in [0, 0.05) is 12.9 Å². The van der Waals surface area contributed by atoms with Crippen LogP contribution >= 0.6 is 0 Å². The second-order valence-corrected chi connectivity index (χ2v) is 1.90. The number of carbonyl (C=O) groups excluding carboxylic acids is 2. The molecule has 4 heteroatoms. The van der Waals surface area contributed by atoms with Gasteiger partial charge in [-0.25, -0.2) is 0 Å². The third kappa shape index (κ3) is 23.4. The van der Waals surface area contributed by atoms with E-state index in [1.165, 1.54) is 6.92 Å². The van der Waals surface area contributed by atoms with E-state index in [0.717, 1.165) is 6.26 Å². The number of aliphatic carboxylic acids is 1. The summed E-state index contributed by atoms with van der Waals surface area (Å²) in [5, 5.41) is 9.49. The fourth-order valence-corrected chi connectivity index (χ4v) is 0.321. The maximum atomic E-state index is 9.75. The van der Waals surface area contributed by atoms with Crippen LogP contribution in [0.4, 0.5) is 0 Å². The Bertz CT molecular complexity index is 151. The van der Waals surface area contributed by atoms with Gasteiger partial charge in [0.25, 0.3) is 0 Å². The van der Waals surface area contributed by atoms with E-state index >= 15 is 0 Å². The fourth-order valence-electron chi connectivity index (χ4n) is 0.321. The molecule has 0 heterocycles. The number of carboxylic acids is 1. The zero-order chi connectivity index (χ0) is 9.98. The standard InChI is InChI=1S/C4H6O2.C4H8O2/c1-3-6-4(2)5;1-2-3-4(5)6/h3H,1H2,2H3;2-3H2,1H3,(H,5,6)/p-1. The Labute approximate surface area is 71.8 Å². The van der Waals surface area contributed by atoms with E-state index in [0.29, 0.717) is 6.42 Å². The summed E-state index contributed by atoms with van der Waals surface area (Å²) in [6, 6.07) is 0. The molecule has 0 aliphatic carbocycles. The lowest BCUT2D eigenvalue weighted by Crippen LogP contribution is -2.20. The summed E-state index contributed by atoms with van der Waals surface area (Å²) in [5.41, 5.74) is 0. The molecule has 0 spiro atoms. The van der Waals surface area contributed by atoms with Gasteiger partial charge in [-0.2, -0.15) is 0 Å². The predicted octanol–water partition coefficient (Wildman–Crippen LogP) is 0.229. The number of carboxylic acid groups (broad SMARTS) is 1. The highest BCUT2D eigenvalue weighted by Crippen LogP contribution is 1.79. The van der Waals surface area contributed by atoms with Crippen molar-refractivity contribution in [3.8, 4) is 0 Å². The number of ether oxygens (including phenoxy) is 1. The van der Waals surface area contributed by atoms with Gasteiger partial charge in [0.05, 0.1) is 6.26 Å². The van der Waals surface area contributed by atoms with Crippen LogP contribution in [0.5, 0.6) is 0 Å². The molecule has 0 N–H and O–H groups in total. The van der Waals surface area contributed by atoms with Crippen LogP contribution in [0.2, 0.25) is 0 Å². The molecule has 0 unspecified atom stereocenters. The highest BCUT2D eigenvalue weighted by Gasteiger charge is 1.79. The summed E-state index contributed by atoms with van der Waals surface area (Å²) in [7, 11) is 0. The monoisotopic (exact) mass is 173 g/mol. The van der Waals surface area contributed by atoms with Crippen LogP contribution in [0.15, 0.2) is 12.8 Å². The van der Waals surface area contributed by atoms with E-state index in [1.807, 2.05) is 0 Å². The molecule has 0 saturated heterocycles. The Morgan fingerprint density at radius 1 is 1.58 bits per heavy atom. The number of carbonyl (C=O) groups is 2. The van der Waals surface area contributed by atoms with Crippen molar-refractivity contribution in [3.63, 3.8) is 0 Å². The first-order valence-corrected chi connectivity index (χ1v) is 3.52. The van der Waals surface area contributed by atoms with Crippen molar-refractivity contribution in [3.05, 3.63) is 12.8 Å². The van der Waals surface area contributed by atoms with Crippen LogP contribution in [0.25, 0.3) is 0 Å². The van der Waals surface area contributed by atoms with E-state index in [4.69, 9.17) is 0 Å². The van der Waals surface area contributed by atoms with Crippen molar-refractivity contribution in [2.24, 2.45) is 0 Å². The normalized spacial score (nSPS) is 7.50. The van der Waals surface area contributed by atoms with E-state index in [-0.39, 0.29) is 12.4 Å². The molecule has 0 aliphatic heterocycles. The summed E-state index contributed by atoms with van der Waals surface area (Å²) in [6.45, 7) is 6.28. The van der Waals surface area contributed by atoms with Gasteiger partial charge in [0.1, 0.15) is 0 Å². The summed E-state index contributed by atoms with van der Waals surface area (Å²) in [5.74, 6) is -1.29. The Balaban J connectivity index is 0. The summed E-state index contributed by atoms with van der Waals surface area (Å²) < 4.78 is 4.17. The van der Waals surface area contributed by atoms with E-state index in [1.54, 1.807) is 6.92 Å². The first kappa shape index (κ1) is 13.3. The molecule has 0 atom stereocenters. The Morgan fingerprint density at radius 3 is 2.08 bits per heavy atom. The third-order valence-corrected chi connectivity index (χ3v) is 0.703. The van der Waals surface area contributed by atoms with Crippen LogP contribution < -0.4 is 5.11 Å². The van der Waals surface area contributed by atoms with Gasteiger partial charge < -0.3 is 14.6 Å². The molecule has 70 valence electrons.